The Kier molecular flexibility index (Phi) is 3.49. The van der Waals surface area contributed by atoms with Crippen molar-refractivity contribution >= 4 is 5.91 Å². The number of halogens is 4. The molecule has 0 aliphatic carbocycles. The number of hydrogen-bond donors (Lipinski definition) is 1. The zero-order valence-corrected chi connectivity index (χ0v) is 11.0. The molecule has 1 fully saturated rings. The summed E-state index contributed by atoms with van der Waals surface area (Å²) in [6.07, 6.45) is -4.62. The van der Waals surface area contributed by atoms with Gasteiger partial charge in [-0.25, -0.2) is 4.39 Å². The number of hydrazine groups is 1. The molecular formula is C13H14F4N2O. The van der Waals surface area contributed by atoms with Crippen molar-refractivity contribution in [1.29, 1.82) is 0 Å². The predicted molar refractivity (Wildman–Crippen MR) is 63.9 cm³/mol. The predicted octanol–water partition coefficient (Wildman–Crippen LogP) is 2.94. The molecular weight excluding hydrogens is 276 g/mol. The number of carbonyl (C=O) groups is 1. The minimum absolute atomic E-state index is 0.0270. The first-order valence-corrected chi connectivity index (χ1v) is 6.02. The fourth-order valence-electron chi connectivity index (χ4n) is 2.35. The van der Waals surface area contributed by atoms with Gasteiger partial charge in [0.25, 0.3) is 0 Å². The van der Waals surface area contributed by atoms with E-state index in [0.717, 1.165) is 29.3 Å². The van der Waals surface area contributed by atoms with Crippen LogP contribution in [0.1, 0.15) is 31.9 Å². The molecule has 1 saturated heterocycles. The Morgan fingerprint density at radius 3 is 2.20 bits per heavy atom. The van der Waals surface area contributed by atoms with Gasteiger partial charge in [-0.2, -0.15) is 18.2 Å². The van der Waals surface area contributed by atoms with E-state index in [1.807, 2.05) is 0 Å². The van der Waals surface area contributed by atoms with Gasteiger partial charge in [0.15, 0.2) is 6.04 Å². The minimum Gasteiger partial charge on any atom is -0.287 e. The minimum atomic E-state index is -4.59. The summed E-state index contributed by atoms with van der Waals surface area (Å²) in [4.78, 5) is 11.4. The number of carbonyl (C=O) groups excluding carboxylic acids is 1. The van der Waals surface area contributed by atoms with Gasteiger partial charge in [-0.1, -0.05) is 12.1 Å². The van der Waals surface area contributed by atoms with Crippen molar-refractivity contribution in [2.24, 2.45) is 0 Å². The molecule has 1 heterocycles. The van der Waals surface area contributed by atoms with Crippen molar-refractivity contribution < 1.29 is 22.4 Å². The van der Waals surface area contributed by atoms with Gasteiger partial charge < -0.3 is 0 Å². The largest absolute Gasteiger partial charge is 0.409 e. The Hall–Kier alpha value is -1.63. The lowest BCUT2D eigenvalue weighted by molar-refractivity contribution is -0.203. The first-order chi connectivity index (χ1) is 9.11. The molecule has 1 aromatic carbocycles. The Bertz CT molecular complexity index is 510. The summed E-state index contributed by atoms with van der Waals surface area (Å²) in [6, 6.07) is 2.09. The van der Waals surface area contributed by atoms with Crippen LogP contribution in [0.3, 0.4) is 0 Å². The van der Waals surface area contributed by atoms with Gasteiger partial charge in [0.05, 0.1) is 0 Å². The summed E-state index contributed by atoms with van der Waals surface area (Å²) in [5.74, 6) is -1.08. The highest BCUT2D eigenvalue weighted by molar-refractivity contribution is 5.79. The fourth-order valence-corrected chi connectivity index (χ4v) is 2.35. The topological polar surface area (TPSA) is 32.3 Å². The van der Waals surface area contributed by atoms with E-state index in [9.17, 15) is 22.4 Å². The molecule has 0 radical (unpaired) electrons. The fraction of sp³-hybridized carbons (Fsp3) is 0.462. The molecule has 1 amide bonds. The van der Waals surface area contributed by atoms with Gasteiger partial charge >= 0.3 is 6.18 Å². The quantitative estimate of drug-likeness (QED) is 0.849. The summed E-state index contributed by atoms with van der Waals surface area (Å²) < 4.78 is 52.9. The molecule has 1 atom stereocenters. The third-order valence-electron chi connectivity index (χ3n) is 3.24. The van der Waals surface area contributed by atoms with Crippen LogP contribution in [0.5, 0.6) is 0 Å². The van der Waals surface area contributed by atoms with Crippen LogP contribution < -0.4 is 5.43 Å². The second-order valence-electron chi connectivity index (χ2n) is 5.39. The van der Waals surface area contributed by atoms with E-state index >= 15 is 0 Å². The molecule has 110 valence electrons. The molecule has 1 unspecified atom stereocenters. The summed E-state index contributed by atoms with van der Waals surface area (Å²) in [6.45, 7) is 3.10. The van der Waals surface area contributed by atoms with Gasteiger partial charge in [0.2, 0.25) is 5.91 Å². The maximum absolute atomic E-state index is 13.3. The Labute approximate surface area is 113 Å². The van der Waals surface area contributed by atoms with Gasteiger partial charge in [0, 0.05) is 12.0 Å². The normalized spacial score (nSPS) is 20.8. The maximum Gasteiger partial charge on any atom is 0.409 e. The number of alkyl halides is 3. The van der Waals surface area contributed by atoms with E-state index in [-0.39, 0.29) is 12.0 Å². The molecule has 0 saturated carbocycles. The summed E-state index contributed by atoms with van der Waals surface area (Å²) in [7, 11) is 0. The SMILES string of the molecule is CC1(C)CC(=O)NN1C(c1ccc(F)cc1)C(F)(F)F. The Morgan fingerprint density at radius 1 is 1.25 bits per heavy atom. The van der Waals surface area contributed by atoms with Crippen LogP contribution in [-0.4, -0.2) is 22.6 Å². The summed E-state index contributed by atoms with van der Waals surface area (Å²) in [5, 5.41) is 0.891. The molecule has 20 heavy (non-hydrogen) atoms. The number of rotatable bonds is 2. The molecule has 1 aromatic rings. The molecule has 0 aromatic heterocycles. The number of amides is 1. The van der Waals surface area contributed by atoms with Crippen molar-refractivity contribution in [3.63, 3.8) is 0 Å². The third-order valence-corrected chi connectivity index (χ3v) is 3.24. The van der Waals surface area contributed by atoms with Crippen LogP contribution in [-0.2, 0) is 4.79 Å². The average Bonchev–Trinajstić information content (AvgIpc) is 2.53. The molecule has 2 rings (SSSR count). The van der Waals surface area contributed by atoms with Crippen LogP contribution in [0.2, 0.25) is 0 Å². The lowest BCUT2D eigenvalue weighted by Gasteiger charge is -2.37. The van der Waals surface area contributed by atoms with E-state index < -0.39 is 29.5 Å². The molecule has 0 spiro atoms. The molecule has 0 bridgehead atoms. The standard InChI is InChI=1S/C13H14F4N2O/c1-12(2)7-10(20)18-19(12)11(13(15,16)17)8-3-5-9(14)6-4-8/h3-6,11H,7H2,1-2H3,(H,18,20). The van der Waals surface area contributed by atoms with Crippen molar-refractivity contribution in [3.05, 3.63) is 35.6 Å². The van der Waals surface area contributed by atoms with Crippen LogP contribution in [0.25, 0.3) is 0 Å². The van der Waals surface area contributed by atoms with Gasteiger partial charge in [-0.05, 0) is 31.5 Å². The van der Waals surface area contributed by atoms with E-state index in [1.54, 1.807) is 13.8 Å². The van der Waals surface area contributed by atoms with E-state index in [1.165, 1.54) is 0 Å². The van der Waals surface area contributed by atoms with Crippen LogP contribution in [0, 0.1) is 5.82 Å². The van der Waals surface area contributed by atoms with E-state index in [4.69, 9.17) is 0 Å². The number of nitrogens with zero attached hydrogens (tertiary/aromatic N) is 1. The second-order valence-corrected chi connectivity index (χ2v) is 5.39. The molecule has 7 heteroatoms. The highest BCUT2D eigenvalue weighted by Gasteiger charge is 2.52. The summed E-state index contributed by atoms with van der Waals surface area (Å²) in [5.41, 5.74) is 1.15. The third kappa shape index (κ3) is 2.77. The van der Waals surface area contributed by atoms with Crippen LogP contribution in [0.15, 0.2) is 24.3 Å². The Balaban J connectivity index is 2.44. The van der Waals surface area contributed by atoms with E-state index in [2.05, 4.69) is 5.43 Å². The summed E-state index contributed by atoms with van der Waals surface area (Å²) >= 11 is 0. The second kappa shape index (κ2) is 4.73. The lowest BCUT2D eigenvalue weighted by Crippen LogP contribution is -2.51. The van der Waals surface area contributed by atoms with Crippen molar-refractivity contribution in [1.82, 2.24) is 10.4 Å². The molecule has 1 aliphatic rings. The van der Waals surface area contributed by atoms with Crippen molar-refractivity contribution in [2.45, 2.75) is 38.0 Å². The first-order valence-electron chi connectivity index (χ1n) is 6.02. The highest BCUT2D eigenvalue weighted by Crippen LogP contribution is 2.42. The zero-order valence-electron chi connectivity index (χ0n) is 11.0. The van der Waals surface area contributed by atoms with Crippen LogP contribution >= 0.6 is 0 Å². The van der Waals surface area contributed by atoms with Crippen molar-refractivity contribution in [2.75, 3.05) is 0 Å². The molecule has 1 N–H and O–H groups in total. The van der Waals surface area contributed by atoms with Crippen molar-refractivity contribution in [3.8, 4) is 0 Å². The average molecular weight is 290 g/mol. The van der Waals surface area contributed by atoms with Gasteiger partial charge in [-0.15, -0.1) is 0 Å². The van der Waals surface area contributed by atoms with E-state index in [0.29, 0.717) is 0 Å². The highest BCUT2D eigenvalue weighted by atomic mass is 19.4. The van der Waals surface area contributed by atoms with Gasteiger partial charge in [-0.3, -0.25) is 10.2 Å². The molecule has 1 aliphatic heterocycles. The van der Waals surface area contributed by atoms with Gasteiger partial charge in [0.1, 0.15) is 5.82 Å². The number of benzene rings is 1. The molecule has 3 nitrogen and oxygen atoms in total. The monoisotopic (exact) mass is 290 g/mol. The zero-order chi connectivity index (χ0) is 15.1. The Morgan fingerprint density at radius 2 is 1.80 bits per heavy atom. The maximum atomic E-state index is 13.3. The lowest BCUT2D eigenvalue weighted by atomic mass is 9.97. The first kappa shape index (κ1) is 14.8. The van der Waals surface area contributed by atoms with Crippen LogP contribution in [0.4, 0.5) is 17.6 Å². The number of nitrogens with one attached hydrogen (secondary N) is 1. The number of hydrogen-bond acceptors (Lipinski definition) is 2. The smallest absolute Gasteiger partial charge is 0.287 e.